The topological polar surface area (TPSA) is 307 Å². The van der Waals surface area contributed by atoms with Gasteiger partial charge in [0, 0.05) is 6.42 Å². The second kappa shape index (κ2) is 45.8. The van der Waals surface area contributed by atoms with E-state index in [1.807, 2.05) is 6.08 Å². The summed E-state index contributed by atoms with van der Waals surface area (Å²) >= 11 is 0. The molecule has 0 aliphatic carbocycles. The highest BCUT2D eigenvalue weighted by Gasteiger charge is 2.53. The van der Waals surface area contributed by atoms with Crippen molar-refractivity contribution in [2.45, 2.75) is 349 Å². The van der Waals surface area contributed by atoms with Gasteiger partial charge in [-0.05, 0) is 19.3 Å². The highest BCUT2D eigenvalue weighted by Crippen LogP contribution is 2.33. The summed E-state index contributed by atoms with van der Waals surface area (Å²) in [6.45, 7) is 1.74. The summed E-state index contributed by atoms with van der Waals surface area (Å²) in [5.41, 5.74) is 0. The predicted molar refractivity (Wildman–Crippen MR) is 310 cm³/mol. The number of unbranched alkanes of at least 4 members (excludes halogenated alkanes) is 33. The second-order valence-corrected chi connectivity index (χ2v) is 23.6. The van der Waals surface area contributed by atoms with E-state index < -0.39 is 124 Å². The molecule has 81 heavy (non-hydrogen) atoms. The van der Waals surface area contributed by atoms with Crippen molar-refractivity contribution in [3.05, 3.63) is 12.2 Å². The summed E-state index contributed by atoms with van der Waals surface area (Å²) in [4.78, 5) is 13.3. The first-order chi connectivity index (χ1) is 39.3. The Labute approximate surface area is 486 Å². The highest BCUT2D eigenvalue weighted by molar-refractivity contribution is 5.76. The Hall–Kier alpha value is -1.47. The van der Waals surface area contributed by atoms with E-state index >= 15 is 0 Å². The molecule has 19 nitrogen and oxygen atoms in total. The number of aliphatic hydroxyl groups is 11. The average molecular weight is 1160 g/mol. The van der Waals surface area contributed by atoms with Crippen LogP contribution in [0.5, 0.6) is 0 Å². The van der Waals surface area contributed by atoms with E-state index in [2.05, 4.69) is 19.2 Å². The van der Waals surface area contributed by atoms with Crippen LogP contribution in [-0.4, -0.2) is 193 Å². The van der Waals surface area contributed by atoms with Crippen LogP contribution in [0.3, 0.4) is 0 Å². The monoisotopic (exact) mass is 1160 g/mol. The summed E-state index contributed by atoms with van der Waals surface area (Å²) in [6, 6.07) is -0.967. The van der Waals surface area contributed by atoms with Crippen LogP contribution in [0.2, 0.25) is 0 Å². The first-order valence-electron chi connectivity index (χ1n) is 32.4. The zero-order valence-corrected chi connectivity index (χ0v) is 50.0. The van der Waals surface area contributed by atoms with Gasteiger partial charge in [0.25, 0.3) is 0 Å². The molecule has 12 N–H and O–H groups in total. The van der Waals surface area contributed by atoms with Gasteiger partial charge in [0.2, 0.25) is 5.91 Å². The Balaban J connectivity index is 1.43. The van der Waals surface area contributed by atoms with Crippen molar-refractivity contribution < 1.29 is 89.4 Å². The first kappa shape index (κ1) is 73.8. The van der Waals surface area contributed by atoms with Crippen LogP contribution in [0.25, 0.3) is 0 Å². The van der Waals surface area contributed by atoms with Gasteiger partial charge < -0.3 is 89.9 Å². The van der Waals surface area contributed by atoms with Crippen molar-refractivity contribution in [1.82, 2.24) is 5.32 Å². The molecule has 19 heteroatoms. The fourth-order valence-corrected chi connectivity index (χ4v) is 11.3. The smallest absolute Gasteiger partial charge is 0.220 e. The maximum atomic E-state index is 13.3. The minimum Gasteiger partial charge on any atom is -0.394 e. The first-order valence-corrected chi connectivity index (χ1v) is 32.4. The largest absolute Gasteiger partial charge is 0.394 e. The number of hydrogen-bond donors (Lipinski definition) is 12. The molecule has 3 fully saturated rings. The summed E-state index contributed by atoms with van der Waals surface area (Å²) in [5, 5.41) is 120. The molecular weight excluding hydrogens is 1050 g/mol. The van der Waals surface area contributed by atoms with Gasteiger partial charge in [-0.25, -0.2) is 0 Å². The van der Waals surface area contributed by atoms with Gasteiger partial charge >= 0.3 is 0 Å². The van der Waals surface area contributed by atoms with Crippen molar-refractivity contribution in [3.8, 4) is 0 Å². The van der Waals surface area contributed by atoms with Crippen LogP contribution in [0.1, 0.15) is 245 Å². The number of allylic oxidation sites excluding steroid dienone is 1. The van der Waals surface area contributed by atoms with E-state index in [4.69, 9.17) is 28.4 Å². The molecule has 0 radical (unpaired) electrons. The highest BCUT2D eigenvalue weighted by atomic mass is 16.8. The van der Waals surface area contributed by atoms with Crippen molar-refractivity contribution in [1.29, 1.82) is 0 Å². The normalized spacial score (nSPS) is 29.8. The third-order valence-electron chi connectivity index (χ3n) is 16.6. The minimum absolute atomic E-state index is 0.249. The van der Waals surface area contributed by atoms with Crippen LogP contribution >= 0.6 is 0 Å². The number of rotatable bonds is 49. The molecule has 17 unspecified atom stereocenters. The van der Waals surface area contributed by atoms with Gasteiger partial charge in [-0.2, -0.15) is 0 Å². The van der Waals surface area contributed by atoms with Gasteiger partial charge in [-0.1, -0.05) is 231 Å². The van der Waals surface area contributed by atoms with E-state index in [1.165, 1.54) is 173 Å². The quantitative estimate of drug-likeness (QED) is 0.0217. The SMILES string of the molecule is CCCCCCCCCCCC/C=C/C(O)C(COC1OC(CO)C(OC2OC(CO)C(OC3OC(CO)C(O)C(O)C3O)C(O)C2O)C(O)C1O)NC(=O)CCCCCCCCCCCCCCCCCCCCCCCCCC. The van der Waals surface area contributed by atoms with Crippen LogP contribution in [0.15, 0.2) is 12.2 Å². The third kappa shape index (κ3) is 29.2. The second-order valence-electron chi connectivity index (χ2n) is 23.6. The molecule has 3 rings (SSSR count). The molecule has 3 saturated heterocycles. The Bertz CT molecular complexity index is 1530. The van der Waals surface area contributed by atoms with Crippen LogP contribution in [0, 0.1) is 0 Å². The van der Waals surface area contributed by atoms with E-state index in [9.17, 15) is 61.0 Å². The molecule has 0 aromatic rings. The lowest BCUT2D eigenvalue weighted by Gasteiger charge is -2.48. The number of carbonyl (C=O) groups excluding carboxylic acids is 1. The minimum atomic E-state index is -1.97. The maximum absolute atomic E-state index is 13.3. The van der Waals surface area contributed by atoms with E-state index in [0.29, 0.717) is 6.42 Å². The molecule has 1 amide bonds. The fraction of sp³-hybridized carbons (Fsp3) is 0.952. The molecular formula is C62H117NO18. The Morgan fingerprint density at radius 1 is 0.432 bits per heavy atom. The predicted octanol–water partition coefficient (Wildman–Crippen LogP) is 6.94. The summed E-state index contributed by atoms with van der Waals surface area (Å²) < 4.78 is 34.3. The lowest BCUT2D eigenvalue weighted by molar-refractivity contribution is -0.379. The van der Waals surface area contributed by atoms with Gasteiger partial charge in [-0.15, -0.1) is 0 Å². The molecule has 17 atom stereocenters. The molecule has 0 saturated carbocycles. The third-order valence-corrected chi connectivity index (χ3v) is 16.6. The molecule has 0 bridgehead atoms. The lowest BCUT2D eigenvalue weighted by atomic mass is 9.96. The number of ether oxygens (including phenoxy) is 6. The number of amides is 1. The van der Waals surface area contributed by atoms with E-state index in [1.54, 1.807) is 6.08 Å². The number of aliphatic hydroxyl groups excluding tert-OH is 11. The Kier molecular flexibility index (Phi) is 41.7. The zero-order valence-electron chi connectivity index (χ0n) is 50.0. The zero-order chi connectivity index (χ0) is 59.0. The Morgan fingerprint density at radius 2 is 0.765 bits per heavy atom. The standard InChI is InChI=1S/C62H117NO18/c1-3-5-7-9-11-13-15-17-18-19-20-21-22-23-24-25-26-27-28-30-32-34-36-38-40-50(68)63-45(46(67)39-37-35-33-31-29-16-14-12-10-8-6-4-2)44-76-60-56(74)53(71)58(48(42-65)78-60)81-62-57(75)54(72)59(49(43-66)79-62)80-61-55(73)52(70)51(69)47(41-64)77-61/h37,39,45-49,51-62,64-67,69-75H,3-36,38,40-44H2,1-2H3,(H,63,68)/b39-37+. The summed E-state index contributed by atoms with van der Waals surface area (Å²) in [7, 11) is 0. The number of nitrogens with one attached hydrogen (secondary N) is 1. The van der Waals surface area contributed by atoms with E-state index in [0.717, 1.165) is 44.9 Å². The van der Waals surface area contributed by atoms with Gasteiger partial charge in [0.15, 0.2) is 18.9 Å². The molecule has 478 valence electrons. The number of hydrogen-bond acceptors (Lipinski definition) is 18. The average Bonchev–Trinajstić information content (AvgIpc) is 3.46. The van der Waals surface area contributed by atoms with Gasteiger partial charge in [0.05, 0.1) is 38.6 Å². The Morgan fingerprint density at radius 3 is 1.16 bits per heavy atom. The van der Waals surface area contributed by atoms with Gasteiger partial charge in [0.1, 0.15) is 73.2 Å². The van der Waals surface area contributed by atoms with Crippen molar-refractivity contribution in [2.75, 3.05) is 26.4 Å². The molecule has 3 aliphatic heterocycles. The van der Waals surface area contributed by atoms with E-state index in [-0.39, 0.29) is 18.9 Å². The molecule has 0 spiro atoms. The summed E-state index contributed by atoms with van der Waals surface area (Å²) in [6.07, 6.45) is 20.6. The lowest BCUT2D eigenvalue weighted by Crippen LogP contribution is -2.66. The van der Waals surface area contributed by atoms with Crippen molar-refractivity contribution in [3.63, 3.8) is 0 Å². The van der Waals surface area contributed by atoms with Crippen molar-refractivity contribution in [2.24, 2.45) is 0 Å². The summed E-state index contributed by atoms with van der Waals surface area (Å²) in [5.74, 6) is -0.272. The van der Waals surface area contributed by atoms with Crippen LogP contribution in [0.4, 0.5) is 0 Å². The van der Waals surface area contributed by atoms with Gasteiger partial charge in [-0.3, -0.25) is 4.79 Å². The fourth-order valence-electron chi connectivity index (χ4n) is 11.3. The van der Waals surface area contributed by atoms with Crippen LogP contribution in [-0.2, 0) is 33.2 Å². The number of carbonyl (C=O) groups is 1. The maximum Gasteiger partial charge on any atom is 0.220 e. The molecule has 3 heterocycles. The van der Waals surface area contributed by atoms with Crippen molar-refractivity contribution >= 4 is 5.91 Å². The molecule has 3 aliphatic rings. The molecule has 0 aromatic carbocycles. The van der Waals surface area contributed by atoms with Crippen LogP contribution < -0.4 is 5.32 Å². The molecule has 0 aromatic heterocycles.